The number of methoxy groups -OCH3 is 3. The number of anilines is 8. The van der Waals surface area contributed by atoms with Gasteiger partial charge in [0, 0.05) is 100 Å². The normalized spacial score (nSPS) is 13.0. The highest BCUT2D eigenvalue weighted by Gasteiger charge is 2.25. The third-order valence-electron chi connectivity index (χ3n) is 11.5. The van der Waals surface area contributed by atoms with Gasteiger partial charge in [0.25, 0.3) is 0 Å². The Bertz CT molecular complexity index is 2690. The summed E-state index contributed by atoms with van der Waals surface area (Å²) in [5.41, 5.74) is 11.7. The van der Waals surface area contributed by atoms with Crippen molar-refractivity contribution < 1.29 is 19.1 Å². The highest BCUT2D eigenvalue weighted by Crippen LogP contribution is 2.39. The van der Waals surface area contributed by atoms with Gasteiger partial charge in [-0.15, -0.1) is 0 Å². The maximum absolute atomic E-state index is 5.66. The lowest BCUT2D eigenvalue weighted by Crippen LogP contribution is -2.96. The Morgan fingerprint density at radius 3 is 1.16 bits per heavy atom. The summed E-state index contributed by atoms with van der Waals surface area (Å²) in [4.78, 5) is 8.03. The molecule has 9 rings (SSSR count). The number of ether oxygens (including phenoxy) is 3. The van der Waals surface area contributed by atoms with Crippen molar-refractivity contribution in [2.24, 2.45) is 0 Å². The minimum absolute atomic E-state index is 0.154. The molecule has 1 N–H and O–H groups in total. The number of benzene rings is 8. The lowest BCUT2D eigenvalue weighted by atomic mass is 10.0. The zero-order valence-electron chi connectivity index (χ0n) is 36.3. The van der Waals surface area contributed by atoms with Gasteiger partial charge in [-0.05, 0) is 103 Å². The third-order valence-corrected chi connectivity index (χ3v) is 11.5. The van der Waals surface area contributed by atoms with Crippen molar-refractivity contribution in [3.63, 3.8) is 0 Å². The molecule has 0 heterocycles. The monoisotopic (exact) mass is 839 g/mol. The van der Waals surface area contributed by atoms with Crippen LogP contribution in [0.3, 0.4) is 0 Å². The topological polar surface area (TPSA) is 41.8 Å². The Hall–Kier alpha value is -8.00. The Morgan fingerprint density at radius 2 is 0.750 bits per heavy atom. The molecule has 8 aromatic rings. The van der Waals surface area contributed by atoms with Gasteiger partial charge in [-0.3, -0.25) is 0 Å². The minimum atomic E-state index is 0.154. The third kappa shape index (κ3) is 8.98. The van der Waals surface area contributed by atoms with Crippen LogP contribution in [0.15, 0.2) is 231 Å². The van der Waals surface area contributed by atoms with E-state index in [4.69, 9.17) is 14.2 Å². The number of quaternary nitrogens is 1. The van der Waals surface area contributed by atoms with Crippen LogP contribution in [0.1, 0.15) is 6.42 Å². The molecule has 0 spiro atoms. The van der Waals surface area contributed by atoms with Crippen LogP contribution in [0, 0.1) is 0 Å². The summed E-state index contributed by atoms with van der Waals surface area (Å²) in [6.45, 7) is 0. The second-order valence-electron chi connectivity index (χ2n) is 15.4. The molecule has 0 fully saturated rings. The highest BCUT2D eigenvalue weighted by molar-refractivity contribution is 5.79. The Morgan fingerprint density at radius 1 is 0.375 bits per heavy atom. The average molecular weight is 840 g/mol. The Kier molecular flexibility index (Phi) is 12.5. The molecule has 0 saturated heterocycles. The second-order valence-corrected chi connectivity index (χ2v) is 15.4. The summed E-state index contributed by atoms with van der Waals surface area (Å²) >= 11 is 0. The van der Waals surface area contributed by atoms with Gasteiger partial charge in [0.2, 0.25) is 0 Å². The zero-order chi connectivity index (χ0) is 43.7. The lowest BCUT2D eigenvalue weighted by molar-refractivity contribution is -0.681. The van der Waals surface area contributed by atoms with E-state index in [0.29, 0.717) is 0 Å². The molecule has 1 aliphatic rings. The molecule has 0 bridgehead atoms. The van der Waals surface area contributed by atoms with E-state index in [1.54, 1.807) is 21.3 Å². The average Bonchev–Trinajstić information content (AvgIpc) is 3.37. The van der Waals surface area contributed by atoms with Gasteiger partial charge in [0.1, 0.15) is 34.3 Å². The van der Waals surface area contributed by atoms with Crippen LogP contribution in [-0.4, -0.2) is 27.4 Å². The molecule has 1 aliphatic carbocycles. The van der Waals surface area contributed by atoms with E-state index in [-0.39, 0.29) is 6.04 Å². The van der Waals surface area contributed by atoms with Crippen LogP contribution in [-0.2, 0) is 0 Å². The minimum Gasteiger partial charge on any atom is -0.497 e. The molecule has 1 unspecified atom stereocenters. The molecule has 64 heavy (non-hydrogen) atoms. The summed E-state index contributed by atoms with van der Waals surface area (Å²) in [6.07, 6.45) is 9.65. The number of para-hydroxylation sites is 2. The number of rotatable bonds is 15. The maximum Gasteiger partial charge on any atom is 0.141 e. The van der Waals surface area contributed by atoms with Gasteiger partial charge in [-0.1, -0.05) is 78.9 Å². The first-order valence-electron chi connectivity index (χ1n) is 21.5. The van der Waals surface area contributed by atoms with Crippen molar-refractivity contribution in [1.82, 2.24) is 0 Å². The van der Waals surface area contributed by atoms with E-state index in [2.05, 4.69) is 203 Å². The van der Waals surface area contributed by atoms with Crippen molar-refractivity contribution in [3.05, 3.63) is 231 Å². The number of nitrogens with zero attached hydrogens (tertiary/aromatic N) is 3. The van der Waals surface area contributed by atoms with Gasteiger partial charge in [-0.2, -0.15) is 0 Å². The van der Waals surface area contributed by atoms with Crippen LogP contribution in [0.2, 0.25) is 0 Å². The first kappa shape index (κ1) is 41.4. The highest BCUT2D eigenvalue weighted by atomic mass is 16.5. The van der Waals surface area contributed by atoms with Crippen LogP contribution in [0.25, 0.3) is 0 Å². The summed E-state index contributed by atoms with van der Waals surface area (Å²) < 4.78 is 17.0. The molecular weight excluding hydrogens is 789 g/mol. The van der Waals surface area contributed by atoms with Gasteiger partial charge in [0.05, 0.1) is 27.4 Å². The van der Waals surface area contributed by atoms with E-state index in [1.165, 1.54) is 0 Å². The van der Waals surface area contributed by atoms with E-state index < -0.39 is 0 Å². The van der Waals surface area contributed by atoms with E-state index >= 15 is 0 Å². The maximum atomic E-state index is 5.66. The number of nitrogens with one attached hydrogen (secondary N) is 1. The number of hydrogen-bond donors (Lipinski definition) is 1. The number of allylic oxidation sites excluding steroid dienone is 2. The SMILES string of the molecule is COc1cccc(N(c2ccccc2)c2ccc([NH+](c3ccc(N(c4ccccc4)c4cccc(OC)c4)cc3)c3ccc(N(c4cccc(OC)c4)C4C=CC=CC4)cc3)cc2)c1. The fourth-order valence-electron chi connectivity index (χ4n) is 8.44. The van der Waals surface area contributed by atoms with Crippen molar-refractivity contribution in [2.45, 2.75) is 12.5 Å². The first-order valence-corrected chi connectivity index (χ1v) is 21.5. The van der Waals surface area contributed by atoms with Crippen LogP contribution >= 0.6 is 0 Å². The van der Waals surface area contributed by atoms with Crippen LogP contribution < -0.4 is 33.8 Å². The second kappa shape index (κ2) is 19.4. The molecule has 316 valence electrons. The predicted molar refractivity (Wildman–Crippen MR) is 264 cm³/mol. The van der Waals surface area contributed by atoms with Gasteiger partial charge >= 0.3 is 0 Å². The molecule has 0 aliphatic heterocycles. The summed E-state index contributed by atoms with van der Waals surface area (Å²) in [5, 5.41) is 0. The Balaban J connectivity index is 1.13. The standard InChI is InChI=1S/C57H50N4O3/c1-62-55-25-13-22-52(40-55)59(43-16-7-4-8-17-43)49-34-28-46(29-35-49)58(47-30-36-50(37-31-47)60(44-18-9-5-10-19-44)53-23-14-26-56(41-53)63-2)48-32-38-51(39-33-48)61(45-20-11-6-12-21-45)54-24-15-27-57(42-54)64-3/h4-20,22-42,45H,21H2,1-3H3/p+1. The molecule has 0 saturated carbocycles. The fraction of sp³-hybridized carbons (Fsp3) is 0.0877. The summed E-state index contributed by atoms with van der Waals surface area (Å²) in [7, 11) is 5.12. The van der Waals surface area contributed by atoms with E-state index in [0.717, 1.165) is 91.1 Å². The molecule has 0 aromatic heterocycles. The van der Waals surface area contributed by atoms with Gasteiger partial charge < -0.3 is 28.9 Å². The van der Waals surface area contributed by atoms with Crippen molar-refractivity contribution in [3.8, 4) is 17.2 Å². The van der Waals surface area contributed by atoms with Crippen molar-refractivity contribution in [2.75, 3.05) is 36.0 Å². The quantitative estimate of drug-likeness (QED) is 0.111. The molecule has 1 atom stereocenters. The van der Waals surface area contributed by atoms with Crippen LogP contribution in [0.4, 0.5) is 62.6 Å². The first-order chi connectivity index (χ1) is 31.6. The lowest BCUT2D eigenvalue weighted by Gasteiger charge is -2.33. The van der Waals surface area contributed by atoms with E-state index in [1.807, 2.05) is 42.5 Å². The molecule has 0 amide bonds. The fourth-order valence-corrected chi connectivity index (χ4v) is 8.44. The smallest absolute Gasteiger partial charge is 0.141 e. The van der Waals surface area contributed by atoms with Crippen molar-refractivity contribution in [1.29, 1.82) is 0 Å². The van der Waals surface area contributed by atoms with Gasteiger partial charge in [-0.25, -0.2) is 4.90 Å². The zero-order valence-corrected chi connectivity index (χ0v) is 36.3. The summed E-state index contributed by atoms with van der Waals surface area (Å²) in [6, 6.07) is 72.5. The molecule has 8 aromatic carbocycles. The molecular formula is C57H51N4O3+. The largest absolute Gasteiger partial charge is 0.497 e. The molecule has 7 heteroatoms. The Labute approximate surface area is 376 Å². The van der Waals surface area contributed by atoms with Gasteiger partial charge in [0.15, 0.2) is 0 Å². The molecule has 7 nitrogen and oxygen atoms in total. The summed E-state index contributed by atoms with van der Waals surface area (Å²) in [5.74, 6) is 2.43. The van der Waals surface area contributed by atoms with Crippen LogP contribution in [0.5, 0.6) is 17.2 Å². The van der Waals surface area contributed by atoms with Crippen molar-refractivity contribution >= 4 is 62.6 Å². The number of hydrogen-bond acceptors (Lipinski definition) is 6. The van der Waals surface area contributed by atoms with E-state index in [9.17, 15) is 0 Å². The predicted octanol–water partition coefficient (Wildman–Crippen LogP) is 13.9. The molecule has 0 radical (unpaired) electrons.